The minimum absolute atomic E-state index is 0.545. The van der Waals surface area contributed by atoms with Crippen LogP contribution in [0.5, 0.6) is 0 Å². The van der Waals surface area contributed by atoms with Crippen molar-refractivity contribution in [2.75, 3.05) is 0 Å². The largest absolute Gasteiger partial charge is 0.262 e. The summed E-state index contributed by atoms with van der Waals surface area (Å²) in [5.41, 5.74) is 2.36. The number of aliphatic imine (C=N–C) groups is 1. The lowest BCUT2D eigenvalue weighted by Crippen LogP contribution is -2.03. The third-order valence-electron chi connectivity index (χ3n) is 1.64. The molecule has 1 nitrogen and oxygen atoms in total. The summed E-state index contributed by atoms with van der Waals surface area (Å²) in [5.74, 6) is 0.545. The summed E-state index contributed by atoms with van der Waals surface area (Å²) < 4.78 is 0. The zero-order chi connectivity index (χ0) is 8.85. The molecule has 0 bridgehead atoms. The molecule has 0 atom stereocenters. The molecule has 0 aromatic carbocycles. The van der Waals surface area contributed by atoms with Crippen LogP contribution in [0.15, 0.2) is 29.4 Å². The number of nitrogens with zero attached hydrogens (tertiary/aromatic N) is 1. The predicted molar refractivity (Wildman–Crippen MR) is 51.9 cm³/mol. The fourth-order valence-electron chi connectivity index (χ4n) is 1.17. The van der Waals surface area contributed by atoms with E-state index in [9.17, 15) is 0 Å². The molecule has 0 aliphatic carbocycles. The molecule has 0 spiro atoms. The Morgan fingerprint density at radius 2 is 2.00 bits per heavy atom. The molecule has 0 saturated heterocycles. The second-order valence-corrected chi connectivity index (χ2v) is 2.80. The van der Waals surface area contributed by atoms with Crippen LogP contribution in [0, 0.1) is 5.92 Å². The second kappa shape index (κ2) is 4.89. The number of hydrogen-bond donors (Lipinski definition) is 0. The van der Waals surface area contributed by atoms with Crippen LogP contribution >= 0.6 is 0 Å². The SMILES string of the molecule is C=CN=C(C)/C(=C\C)C(C)C. The Labute approximate surface area is 69.5 Å². The first-order valence-electron chi connectivity index (χ1n) is 3.95. The average molecular weight is 151 g/mol. The molecule has 0 N–H and O–H groups in total. The second-order valence-electron chi connectivity index (χ2n) is 2.80. The molecule has 0 aliphatic heterocycles. The molecule has 11 heavy (non-hydrogen) atoms. The normalized spacial score (nSPS) is 13.9. The number of allylic oxidation sites excluding steroid dienone is 2. The van der Waals surface area contributed by atoms with Crippen LogP contribution in [0.3, 0.4) is 0 Å². The van der Waals surface area contributed by atoms with Gasteiger partial charge in [-0.1, -0.05) is 26.5 Å². The Morgan fingerprint density at radius 3 is 2.27 bits per heavy atom. The van der Waals surface area contributed by atoms with Gasteiger partial charge in [-0.05, 0) is 25.3 Å². The minimum Gasteiger partial charge on any atom is -0.262 e. The summed E-state index contributed by atoms with van der Waals surface area (Å²) in [5, 5.41) is 0. The van der Waals surface area contributed by atoms with E-state index >= 15 is 0 Å². The van der Waals surface area contributed by atoms with Crippen molar-refractivity contribution in [3.63, 3.8) is 0 Å². The molecule has 0 aromatic rings. The lowest BCUT2D eigenvalue weighted by atomic mass is 9.99. The maximum absolute atomic E-state index is 4.13. The molecule has 1 heteroatoms. The van der Waals surface area contributed by atoms with E-state index in [-0.39, 0.29) is 0 Å². The lowest BCUT2D eigenvalue weighted by molar-refractivity contribution is 0.800. The van der Waals surface area contributed by atoms with Crippen LogP contribution in [0.1, 0.15) is 27.7 Å². The van der Waals surface area contributed by atoms with Crippen LogP contribution in [0.25, 0.3) is 0 Å². The highest BCUT2D eigenvalue weighted by atomic mass is 14.7. The third-order valence-corrected chi connectivity index (χ3v) is 1.64. The molecule has 0 aliphatic rings. The van der Waals surface area contributed by atoms with Crippen molar-refractivity contribution in [2.24, 2.45) is 10.9 Å². The highest BCUT2D eigenvalue weighted by Gasteiger charge is 2.03. The molecule has 0 unspecified atom stereocenters. The molecule has 0 saturated carbocycles. The van der Waals surface area contributed by atoms with Crippen molar-refractivity contribution < 1.29 is 0 Å². The Balaban J connectivity index is 4.53. The Bertz CT molecular complexity index is 185. The Hall–Kier alpha value is -0.850. The molecule has 0 aromatic heterocycles. The van der Waals surface area contributed by atoms with Crippen LogP contribution in [-0.2, 0) is 0 Å². The van der Waals surface area contributed by atoms with Crippen molar-refractivity contribution in [1.82, 2.24) is 0 Å². The molecule has 0 radical (unpaired) electrons. The fourth-order valence-corrected chi connectivity index (χ4v) is 1.17. The van der Waals surface area contributed by atoms with E-state index in [2.05, 4.69) is 31.5 Å². The first-order chi connectivity index (χ1) is 5.13. The van der Waals surface area contributed by atoms with Gasteiger partial charge < -0.3 is 0 Å². The maximum atomic E-state index is 4.13. The summed E-state index contributed by atoms with van der Waals surface area (Å²) in [4.78, 5) is 4.13. The minimum atomic E-state index is 0.545. The van der Waals surface area contributed by atoms with Gasteiger partial charge in [-0.2, -0.15) is 0 Å². The molecule has 0 rings (SSSR count). The van der Waals surface area contributed by atoms with Crippen LogP contribution in [-0.4, -0.2) is 5.71 Å². The molecule has 62 valence electrons. The van der Waals surface area contributed by atoms with Crippen molar-refractivity contribution in [3.8, 4) is 0 Å². The zero-order valence-corrected chi connectivity index (χ0v) is 7.89. The smallest absolute Gasteiger partial charge is 0.0403 e. The average Bonchev–Trinajstić information content (AvgIpc) is 1.88. The van der Waals surface area contributed by atoms with Crippen molar-refractivity contribution in [3.05, 3.63) is 24.4 Å². The maximum Gasteiger partial charge on any atom is 0.0403 e. The van der Waals surface area contributed by atoms with Crippen LogP contribution in [0.4, 0.5) is 0 Å². The highest BCUT2D eigenvalue weighted by Crippen LogP contribution is 2.11. The standard InChI is InChI=1S/C10H17N/c1-6-10(8(3)4)9(5)11-7-2/h6-8H,2H2,1,3-5H3/b10-6-,11-9?. The van der Waals surface area contributed by atoms with E-state index in [0.29, 0.717) is 5.92 Å². The molecule has 0 fully saturated rings. The Morgan fingerprint density at radius 1 is 1.45 bits per heavy atom. The first-order valence-corrected chi connectivity index (χ1v) is 3.95. The molecule has 0 amide bonds. The topological polar surface area (TPSA) is 12.4 Å². The fraction of sp³-hybridized carbons (Fsp3) is 0.500. The van der Waals surface area contributed by atoms with Crippen molar-refractivity contribution >= 4 is 5.71 Å². The van der Waals surface area contributed by atoms with E-state index in [1.807, 2.05) is 13.8 Å². The van der Waals surface area contributed by atoms with Gasteiger partial charge in [0.1, 0.15) is 0 Å². The monoisotopic (exact) mass is 151 g/mol. The summed E-state index contributed by atoms with van der Waals surface area (Å²) in [6.07, 6.45) is 3.69. The highest BCUT2D eigenvalue weighted by molar-refractivity contribution is 5.98. The first kappa shape index (κ1) is 10.2. The van der Waals surface area contributed by atoms with Crippen LogP contribution in [0.2, 0.25) is 0 Å². The lowest BCUT2D eigenvalue weighted by Gasteiger charge is -2.08. The quantitative estimate of drug-likeness (QED) is 0.549. The summed E-state index contributed by atoms with van der Waals surface area (Å²) in [6, 6.07) is 0. The third kappa shape index (κ3) is 3.17. The molecule has 0 heterocycles. The zero-order valence-electron chi connectivity index (χ0n) is 7.89. The Kier molecular flexibility index (Phi) is 4.51. The van der Waals surface area contributed by atoms with E-state index in [1.165, 1.54) is 5.57 Å². The number of hydrogen-bond acceptors (Lipinski definition) is 1. The van der Waals surface area contributed by atoms with Crippen molar-refractivity contribution in [1.29, 1.82) is 0 Å². The van der Waals surface area contributed by atoms with Gasteiger partial charge in [0, 0.05) is 11.9 Å². The summed E-state index contributed by atoms with van der Waals surface area (Å²) >= 11 is 0. The van der Waals surface area contributed by atoms with Gasteiger partial charge in [-0.25, -0.2) is 0 Å². The molecular formula is C10H17N. The number of rotatable bonds is 3. The van der Waals surface area contributed by atoms with E-state index in [4.69, 9.17) is 0 Å². The van der Waals surface area contributed by atoms with Gasteiger partial charge in [-0.15, -0.1) is 0 Å². The van der Waals surface area contributed by atoms with Gasteiger partial charge in [0.05, 0.1) is 0 Å². The molecular weight excluding hydrogens is 134 g/mol. The van der Waals surface area contributed by atoms with Crippen LogP contribution < -0.4 is 0 Å². The summed E-state index contributed by atoms with van der Waals surface area (Å²) in [6.45, 7) is 11.9. The summed E-state index contributed by atoms with van der Waals surface area (Å²) in [7, 11) is 0. The van der Waals surface area contributed by atoms with Gasteiger partial charge in [-0.3, -0.25) is 4.99 Å². The van der Waals surface area contributed by atoms with Gasteiger partial charge in [0.25, 0.3) is 0 Å². The van der Waals surface area contributed by atoms with E-state index in [1.54, 1.807) is 6.20 Å². The van der Waals surface area contributed by atoms with E-state index < -0.39 is 0 Å². The van der Waals surface area contributed by atoms with Gasteiger partial charge >= 0.3 is 0 Å². The van der Waals surface area contributed by atoms with Gasteiger partial charge in [0.15, 0.2) is 0 Å². The van der Waals surface area contributed by atoms with Crippen molar-refractivity contribution in [2.45, 2.75) is 27.7 Å². The predicted octanol–water partition coefficient (Wildman–Crippen LogP) is 3.19. The van der Waals surface area contributed by atoms with E-state index in [0.717, 1.165) is 5.71 Å². The van der Waals surface area contributed by atoms with Gasteiger partial charge in [0.2, 0.25) is 0 Å².